The van der Waals surface area contributed by atoms with E-state index in [4.69, 9.17) is 5.50 Å². The molecule has 0 rings (SSSR count). The topological polar surface area (TPSA) is 26.0 Å². The molecule has 0 aliphatic heterocycles. The molecule has 0 spiro atoms. The standard InChI is InChI=1S/C4H13BNP/c1-4-5-7(2,3)6/h5H,2,4,6H2,1,3H3. The van der Waals surface area contributed by atoms with E-state index in [2.05, 4.69) is 19.9 Å². The van der Waals surface area contributed by atoms with E-state index in [1.54, 1.807) is 0 Å². The molecule has 0 saturated heterocycles. The Labute approximate surface area is 46.5 Å². The van der Waals surface area contributed by atoms with Gasteiger partial charge in [-0.25, -0.2) is 0 Å². The minimum atomic E-state index is -1.17. The summed E-state index contributed by atoms with van der Waals surface area (Å²) in [7, 11) is 0. The van der Waals surface area contributed by atoms with E-state index in [0.29, 0.717) is 0 Å². The van der Waals surface area contributed by atoms with Crippen LogP contribution in [0.1, 0.15) is 6.92 Å². The van der Waals surface area contributed by atoms with Crippen LogP contribution in [-0.4, -0.2) is 20.0 Å². The molecule has 2 N–H and O–H groups in total. The second-order valence-corrected chi connectivity index (χ2v) is 5.61. The molecular formula is C4H13BNP. The highest BCUT2D eigenvalue weighted by Gasteiger charge is 1.96. The number of hydrogen-bond acceptors (Lipinski definition) is 1. The fourth-order valence-electron chi connectivity index (χ4n) is 0.511. The van der Waals surface area contributed by atoms with Gasteiger partial charge in [0.15, 0.2) is 7.00 Å². The van der Waals surface area contributed by atoms with Crippen LogP contribution in [0.3, 0.4) is 0 Å². The highest BCUT2D eigenvalue weighted by Crippen LogP contribution is 2.27. The SMILES string of the molecule is C=P(C)(N)BCC. The predicted molar refractivity (Wildman–Crippen MR) is 41.8 cm³/mol. The molecular weight excluding hydrogens is 104 g/mol. The first-order valence-electron chi connectivity index (χ1n) is 2.54. The van der Waals surface area contributed by atoms with Crippen molar-refractivity contribution in [3.63, 3.8) is 0 Å². The smallest absolute Gasteiger partial charge is 0.168 e. The summed E-state index contributed by atoms with van der Waals surface area (Å²) < 4.78 is 0. The molecule has 42 valence electrons. The van der Waals surface area contributed by atoms with Crippen LogP contribution in [0, 0.1) is 0 Å². The molecule has 0 radical (unpaired) electrons. The van der Waals surface area contributed by atoms with E-state index in [9.17, 15) is 0 Å². The van der Waals surface area contributed by atoms with Gasteiger partial charge in [0.05, 0.1) is 0 Å². The Morgan fingerprint density at radius 3 is 2.29 bits per heavy atom. The third-order valence-corrected chi connectivity index (χ3v) is 2.20. The Kier molecular flexibility index (Phi) is 2.71. The zero-order valence-electron chi connectivity index (χ0n) is 5.15. The van der Waals surface area contributed by atoms with Gasteiger partial charge in [0.2, 0.25) is 0 Å². The average Bonchev–Trinajstić information content (AvgIpc) is 1.30. The van der Waals surface area contributed by atoms with Gasteiger partial charge in [-0.2, -0.15) is 0 Å². The van der Waals surface area contributed by atoms with Gasteiger partial charge >= 0.3 is 0 Å². The lowest BCUT2D eigenvalue weighted by Gasteiger charge is -2.06. The van der Waals surface area contributed by atoms with Crippen molar-refractivity contribution < 1.29 is 0 Å². The normalized spacial score (nSPS) is 18.1. The quantitative estimate of drug-likeness (QED) is 0.418. The first kappa shape index (κ1) is 7.32. The van der Waals surface area contributed by atoms with Crippen LogP contribution in [0.2, 0.25) is 6.32 Å². The predicted octanol–water partition coefficient (Wildman–Crippen LogP) is 0.729. The second kappa shape index (κ2) is 2.59. The van der Waals surface area contributed by atoms with Crippen molar-refractivity contribution in [2.24, 2.45) is 5.50 Å². The van der Waals surface area contributed by atoms with Gasteiger partial charge in [0.1, 0.15) is 0 Å². The molecule has 0 fully saturated rings. The minimum absolute atomic E-state index is 1.12. The molecule has 1 unspecified atom stereocenters. The molecule has 1 nitrogen and oxygen atoms in total. The summed E-state index contributed by atoms with van der Waals surface area (Å²) in [6.45, 7) is 4.14. The van der Waals surface area contributed by atoms with Gasteiger partial charge in [-0.05, 0) is 6.66 Å². The minimum Gasteiger partial charge on any atom is -0.318 e. The molecule has 0 saturated carbocycles. The lowest BCUT2D eigenvalue weighted by Crippen LogP contribution is -1.99. The van der Waals surface area contributed by atoms with Crippen LogP contribution in [-0.2, 0) is 0 Å². The van der Waals surface area contributed by atoms with E-state index >= 15 is 0 Å². The van der Waals surface area contributed by atoms with E-state index in [1.807, 2.05) is 0 Å². The van der Waals surface area contributed by atoms with E-state index < -0.39 is 6.92 Å². The van der Waals surface area contributed by atoms with Crippen molar-refractivity contribution in [3.8, 4) is 0 Å². The molecule has 0 aliphatic rings. The molecule has 0 aliphatic carbocycles. The number of nitrogens with two attached hydrogens (primary N) is 1. The molecule has 0 heterocycles. The van der Waals surface area contributed by atoms with Crippen molar-refractivity contribution in [1.82, 2.24) is 0 Å². The third-order valence-electron chi connectivity index (χ3n) is 0.734. The fraction of sp³-hybridized carbons (Fsp3) is 0.750. The molecule has 0 bridgehead atoms. The van der Waals surface area contributed by atoms with Crippen molar-refractivity contribution >= 4 is 20.2 Å². The zero-order chi connectivity index (χ0) is 5.91. The maximum absolute atomic E-state index is 5.65. The Morgan fingerprint density at radius 1 is 1.86 bits per heavy atom. The van der Waals surface area contributed by atoms with Gasteiger partial charge in [0, 0.05) is 0 Å². The van der Waals surface area contributed by atoms with Crippen LogP contribution in [0.25, 0.3) is 0 Å². The third kappa shape index (κ3) is 6.32. The van der Waals surface area contributed by atoms with Crippen molar-refractivity contribution in [2.75, 3.05) is 6.66 Å². The molecule has 7 heavy (non-hydrogen) atoms. The van der Waals surface area contributed by atoms with Crippen LogP contribution in [0.5, 0.6) is 0 Å². The Bertz CT molecular complexity index is 85.7. The Morgan fingerprint density at radius 2 is 2.29 bits per heavy atom. The van der Waals surface area contributed by atoms with Gasteiger partial charge in [-0.15, -0.1) is 0 Å². The van der Waals surface area contributed by atoms with Crippen LogP contribution < -0.4 is 5.50 Å². The van der Waals surface area contributed by atoms with Gasteiger partial charge < -0.3 is 5.50 Å². The summed E-state index contributed by atoms with van der Waals surface area (Å²) >= 11 is 0. The largest absolute Gasteiger partial charge is 0.318 e. The maximum atomic E-state index is 5.65. The Hall–Kier alpha value is 0.325. The molecule has 0 aromatic carbocycles. The highest BCUT2D eigenvalue weighted by molar-refractivity contribution is 7.96. The average molecular weight is 117 g/mol. The zero-order valence-corrected chi connectivity index (χ0v) is 6.04. The van der Waals surface area contributed by atoms with Crippen LogP contribution in [0.4, 0.5) is 0 Å². The molecule has 0 aromatic heterocycles. The van der Waals surface area contributed by atoms with E-state index in [0.717, 1.165) is 7.00 Å². The lowest BCUT2D eigenvalue weighted by molar-refractivity contribution is 1.47. The molecule has 3 heteroatoms. The first-order valence-corrected chi connectivity index (χ1v) is 5.22. The molecule has 1 atom stereocenters. The number of hydrogen-bond donors (Lipinski definition) is 1. The fourth-order valence-corrected chi connectivity index (χ4v) is 1.53. The van der Waals surface area contributed by atoms with E-state index in [-0.39, 0.29) is 0 Å². The first-order chi connectivity index (χ1) is 3.06. The molecule has 0 aromatic rings. The lowest BCUT2D eigenvalue weighted by atomic mass is 10.1. The number of rotatable bonds is 2. The summed E-state index contributed by atoms with van der Waals surface area (Å²) in [6, 6.07) is 0. The van der Waals surface area contributed by atoms with Crippen LogP contribution >= 0.6 is 6.92 Å². The van der Waals surface area contributed by atoms with Crippen LogP contribution in [0.15, 0.2) is 0 Å². The maximum Gasteiger partial charge on any atom is 0.168 e. The Balaban J connectivity index is 3.36. The van der Waals surface area contributed by atoms with Gasteiger partial charge in [-0.3, -0.25) is 0 Å². The second-order valence-electron chi connectivity index (χ2n) is 2.20. The summed E-state index contributed by atoms with van der Waals surface area (Å²) in [5, 5.41) is 0. The van der Waals surface area contributed by atoms with Gasteiger partial charge in [0.25, 0.3) is 0 Å². The molecule has 0 amide bonds. The highest BCUT2D eigenvalue weighted by atomic mass is 31.2. The van der Waals surface area contributed by atoms with Crippen molar-refractivity contribution in [1.29, 1.82) is 0 Å². The summed E-state index contributed by atoms with van der Waals surface area (Å²) in [4.78, 5) is 0. The summed E-state index contributed by atoms with van der Waals surface area (Å²) in [5.74, 6) is 0. The summed E-state index contributed by atoms with van der Waals surface area (Å²) in [5.41, 5.74) is 5.65. The summed E-state index contributed by atoms with van der Waals surface area (Å²) in [6.07, 6.45) is 5.02. The monoisotopic (exact) mass is 117 g/mol. The van der Waals surface area contributed by atoms with E-state index in [1.165, 1.54) is 6.32 Å². The van der Waals surface area contributed by atoms with Crippen molar-refractivity contribution in [2.45, 2.75) is 13.2 Å². The van der Waals surface area contributed by atoms with Gasteiger partial charge in [-0.1, -0.05) is 26.5 Å². The van der Waals surface area contributed by atoms with Crippen molar-refractivity contribution in [3.05, 3.63) is 0 Å².